The van der Waals surface area contributed by atoms with Gasteiger partial charge in [-0.25, -0.2) is 0 Å². The summed E-state index contributed by atoms with van der Waals surface area (Å²) in [5.74, 6) is 2.85. The third-order valence-corrected chi connectivity index (χ3v) is 5.81. The van der Waals surface area contributed by atoms with E-state index in [0.717, 1.165) is 44.2 Å². The normalized spacial score (nSPS) is 25.5. The lowest BCUT2D eigenvalue weighted by Gasteiger charge is -2.27. The Kier molecular flexibility index (Phi) is 4.57. The first-order valence-corrected chi connectivity index (χ1v) is 9.51. The van der Waals surface area contributed by atoms with E-state index in [4.69, 9.17) is 4.52 Å². The van der Waals surface area contributed by atoms with Gasteiger partial charge in [-0.2, -0.15) is 4.98 Å². The van der Waals surface area contributed by atoms with E-state index in [1.165, 1.54) is 32.2 Å². The molecule has 2 saturated carbocycles. The van der Waals surface area contributed by atoms with Gasteiger partial charge in [-0.15, -0.1) is 0 Å². The first-order valence-electron chi connectivity index (χ1n) is 9.51. The van der Waals surface area contributed by atoms with Gasteiger partial charge in [0.1, 0.15) is 0 Å². The van der Waals surface area contributed by atoms with Crippen LogP contribution >= 0.6 is 0 Å². The largest absolute Gasteiger partial charge is 0.339 e. The van der Waals surface area contributed by atoms with Crippen LogP contribution in [-0.2, 0) is 11.3 Å². The third-order valence-electron chi connectivity index (χ3n) is 5.81. The molecule has 0 aromatic carbocycles. The minimum Gasteiger partial charge on any atom is -0.339 e. The second-order valence-corrected chi connectivity index (χ2v) is 7.82. The molecule has 6 nitrogen and oxygen atoms in total. The van der Waals surface area contributed by atoms with Crippen LogP contribution in [0.4, 0.5) is 0 Å². The Morgan fingerprint density at radius 2 is 2.04 bits per heavy atom. The molecule has 132 valence electrons. The lowest BCUT2D eigenvalue weighted by atomic mass is 10.1. The van der Waals surface area contributed by atoms with Crippen LogP contribution in [0.25, 0.3) is 0 Å². The number of aromatic nitrogens is 2. The maximum absolute atomic E-state index is 12.2. The molecule has 1 saturated heterocycles. The van der Waals surface area contributed by atoms with Gasteiger partial charge in [0.15, 0.2) is 5.82 Å². The smallest absolute Gasteiger partial charge is 0.229 e. The number of rotatable bonds is 6. The summed E-state index contributed by atoms with van der Waals surface area (Å²) in [5, 5.41) is 4.08. The fraction of sp³-hybridized carbons (Fsp3) is 0.833. The molecule has 2 heterocycles. The molecule has 1 aromatic rings. The lowest BCUT2D eigenvalue weighted by Crippen LogP contribution is -2.41. The maximum atomic E-state index is 12.2. The number of likely N-dealkylation sites (tertiary alicyclic amines) is 1. The summed E-state index contributed by atoms with van der Waals surface area (Å²) in [7, 11) is 0. The van der Waals surface area contributed by atoms with Gasteiger partial charge in [-0.1, -0.05) is 18.0 Å². The standard InChI is InChI=1S/C18H28N4O2/c1-13(23)22(12-17-19-18(24-20-17)15-6-7-15)16-8-9-21(11-16)10-14-4-2-3-5-14/h14-16H,2-12H2,1H3. The molecule has 0 bridgehead atoms. The van der Waals surface area contributed by atoms with Gasteiger partial charge >= 0.3 is 0 Å². The molecule has 1 atom stereocenters. The van der Waals surface area contributed by atoms with Crippen LogP contribution in [0.5, 0.6) is 0 Å². The van der Waals surface area contributed by atoms with Crippen LogP contribution in [0.15, 0.2) is 4.52 Å². The van der Waals surface area contributed by atoms with E-state index in [2.05, 4.69) is 15.0 Å². The van der Waals surface area contributed by atoms with Crippen molar-refractivity contribution in [2.75, 3.05) is 19.6 Å². The zero-order chi connectivity index (χ0) is 16.5. The summed E-state index contributed by atoms with van der Waals surface area (Å²) in [6.07, 6.45) is 8.90. The second-order valence-electron chi connectivity index (χ2n) is 7.82. The van der Waals surface area contributed by atoms with Crippen LogP contribution in [0.1, 0.15) is 69.5 Å². The highest BCUT2D eigenvalue weighted by Crippen LogP contribution is 2.39. The Labute approximate surface area is 143 Å². The zero-order valence-corrected chi connectivity index (χ0v) is 14.6. The highest BCUT2D eigenvalue weighted by Gasteiger charge is 2.33. The van der Waals surface area contributed by atoms with Gasteiger partial charge in [0.25, 0.3) is 0 Å². The summed E-state index contributed by atoms with van der Waals surface area (Å²) < 4.78 is 5.33. The van der Waals surface area contributed by atoms with Gasteiger partial charge < -0.3 is 14.3 Å². The van der Waals surface area contributed by atoms with Crippen LogP contribution < -0.4 is 0 Å². The maximum Gasteiger partial charge on any atom is 0.229 e. The molecule has 1 amide bonds. The predicted molar refractivity (Wildman–Crippen MR) is 89.3 cm³/mol. The Bertz CT molecular complexity index is 577. The van der Waals surface area contributed by atoms with E-state index in [-0.39, 0.29) is 11.9 Å². The molecule has 24 heavy (non-hydrogen) atoms. The fourth-order valence-corrected chi connectivity index (χ4v) is 4.27. The average molecular weight is 332 g/mol. The minimum atomic E-state index is 0.112. The van der Waals surface area contributed by atoms with Gasteiger partial charge in [-0.3, -0.25) is 4.79 Å². The van der Waals surface area contributed by atoms with Crippen molar-refractivity contribution in [1.29, 1.82) is 0 Å². The van der Waals surface area contributed by atoms with Crippen molar-refractivity contribution in [2.24, 2.45) is 5.92 Å². The Morgan fingerprint density at radius 1 is 1.25 bits per heavy atom. The van der Waals surface area contributed by atoms with Crippen LogP contribution in [0.2, 0.25) is 0 Å². The molecule has 0 N–H and O–H groups in total. The first-order chi connectivity index (χ1) is 11.7. The van der Waals surface area contributed by atoms with Gasteiger partial charge in [0.05, 0.1) is 6.54 Å². The van der Waals surface area contributed by atoms with E-state index in [9.17, 15) is 4.79 Å². The molecule has 1 aromatic heterocycles. The molecule has 0 radical (unpaired) electrons. The summed E-state index contributed by atoms with van der Waals surface area (Å²) in [4.78, 5) is 21.1. The van der Waals surface area contributed by atoms with Gasteiger partial charge in [-0.05, 0) is 38.0 Å². The van der Waals surface area contributed by atoms with Crippen molar-refractivity contribution in [2.45, 2.75) is 70.4 Å². The zero-order valence-electron chi connectivity index (χ0n) is 14.6. The van der Waals surface area contributed by atoms with Crippen LogP contribution in [0.3, 0.4) is 0 Å². The van der Waals surface area contributed by atoms with Gasteiger partial charge in [0.2, 0.25) is 11.8 Å². The SMILES string of the molecule is CC(=O)N(Cc1noc(C2CC2)n1)C1CCN(CC2CCCC2)C1. The molecule has 4 rings (SSSR count). The van der Waals surface area contributed by atoms with Crippen molar-refractivity contribution in [3.8, 4) is 0 Å². The Morgan fingerprint density at radius 3 is 2.75 bits per heavy atom. The predicted octanol–water partition coefficient (Wildman–Crippen LogP) is 2.56. The molecule has 3 fully saturated rings. The molecule has 1 aliphatic heterocycles. The fourth-order valence-electron chi connectivity index (χ4n) is 4.27. The summed E-state index contributed by atoms with van der Waals surface area (Å²) in [6, 6.07) is 0.284. The average Bonchev–Trinajstić information content (AvgIpc) is 2.97. The van der Waals surface area contributed by atoms with Crippen molar-refractivity contribution in [3.63, 3.8) is 0 Å². The molecule has 0 spiro atoms. The molecule has 2 aliphatic carbocycles. The first kappa shape index (κ1) is 16.1. The van der Waals surface area contributed by atoms with E-state index < -0.39 is 0 Å². The summed E-state index contributed by atoms with van der Waals surface area (Å²) in [5.41, 5.74) is 0. The second kappa shape index (κ2) is 6.82. The van der Waals surface area contributed by atoms with Crippen molar-refractivity contribution in [3.05, 3.63) is 11.7 Å². The van der Waals surface area contributed by atoms with Crippen molar-refractivity contribution < 1.29 is 9.32 Å². The van der Waals surface area contributed by atoms with E-state index in [1.807, 2.05) is 4.90 Å². The lowest BCUT2D eigenvalue weighted by molar-refractivity contribution is -0.131. The highest BCUT2D eigenvalue weighted by atomic mass is 16.5. The third kappa shape index (κ3) is 3.63. The van der Waals surface area contributed by atoms with Crippen LogP contribution in [-0.4, -0.2) is 51.5 Å². The summed E-state index contributed by atoms with van der Waals surface area (Å²) in [6.45, 7) is 5.43. The van der Waals surface area contributed by atoms with Crippen molar-refractivity contribution >= 4 is 5.91 Å². The van der Waals surface area contributed by atoms with E-state index in [0.29, 0.717) is 18.3 Å². The molecule has 3 aliphatic rings. The minimum absolute atomic E-state index is 0.112. The topological polar surface area (TPSA) is 62.5 Å². The monoisotopic (exact) mass is 332 g/mol. The number of hydrogen-bond acceptors (Lipinski definition) is 5. The highest BCUT2D eigenvalue weighted by molar-refractivity contribution is 5.73. The number of hydrogen-bond donors (Lipinski definition) is 0. The Hall–Kier alpha value is -1.43. The molecule has 6 heteroatoms. The van der Waals surface area contributed by atoms with Crippen LogP contribution in [0, 0.1) is 5.92 Å². The molecular weight excluding hydrogens is 304 g/mol. The molecular formula is C18H28N4O2. The quantitative estimate of drug-likeness (QED) is 0.801. The van der Waals surface area contributed by atoms with E-state index >= 15 is 0 Å². The number of nitrogens with zero attached hydrogens (tertiary/aromatic N) is 4. The van der Waals surface area contributed by atoms with E-state index in [1.54, 1.807) is 6.92 Å². The number of carbonyl (C=O) groups excluding carboxylic acids is 1. The number of amides is 1. The van der Waals surface area contributed by atoms with Crippen molar-refractivity contribution in [1.82, 2.24) is 19.9 Å². The summed E-state index contributed by atoms with van der Waals surface area (Å²) >= 11 is 0. The Balaban J connectivity index is 1.34. The number of carbonyl (C=O) groups is 1. The molecule has 1 unspecified atom stereocenters. The van der Waals surface area contributed by atoms with Gasteiger partial charge in [0, 0.05) is 38.5 Å².